The lowest BCUT2D eigenvalue weighted by molar-refractivity contribution is 0.260. The lowest BCUT2D eigenvalue weighted by Gasteiger charge is -2.14. The normalized spacial score (nSPS) is 12.5. The SMILES string of the molecule is CCC(CBr)COc1ccc(C)cc1Cl. The first-order valence-corrected chi connectivity index (χ1v) is 6.62. The zero-order valence-corrected chi connectivity index (χ0v) is 11.4. The Balaban J connectivity index is 2.57. The highest BCUT2D eigenvalue weighted by atomic mass is 79.9. The number of ether oxygens (including phenoxy) is 1. The van der Waals surface area contributed by atoms with Crippen molar-refractivity contribution < 1.29 is 4.74 Å². The van der Waals surface area contributed by atoms with Gasteiger partial charge < -0.3 is 4.74 Å². The van der Waals surface area contributed by atoms with E-state index in [0.717, 1.165) is 23.1 Å². The summed E-state index contributed by atoms with van der Waals surface area (Å²) in [5.74, 6) is 1.32. The molecule has 3 heteroatoms. The van der Waals surface area contributed by atoms with Crippen LogP contribution in [0.2, 0.25) is 5.02 Å². The topological polar surface area (TPSA) is 9.23 Å². The molecule has 0 aliphatic heterocycles. The minimum Gasteiger partial charge on any atom is -0.492 e. The third-order valence-electron chi connectivity index (χ3n) is 2.36. The first-order valence-electron chi connectivity index (χ1n) is 5.12. The standard InChI is InChI=1S/C12H16BrClO/c1-3-10(7-13)8-15-12-5-4-9(2)6-11(12)14/h4-6,10H,3,7-8H2,1-2H3. The summed E-state index contributed by atoms with van der Waals surface area (Å²) >= 11 is 9.53. The number of halogens is 2. The van der Waals surface area contributed by atoms with Crippen LogP contribution in [0.3, 0.4) is 0 Å². The van der Waals surface area contributed by atoms with E-state index in [1.54, 1.807) is 0 Å². The third-order valence-corrected chi connectivity index (χ3v) is 3.57. The third kappa shape index (κ3) is 4.04. The summed E-state index contributed by atoms with van der Waals surface area (Å²) in [7, 11) is 0. The van der Waals surface area contributed by atoms with Gasteiger partial charge in [0.15, 0.2) is 0 Å². The molecule has 0 saturated carbocycles. The van der Waals surface area contributed by atoms with Crippen LogP contribution in [0.1, 0.15) is 18.9 Å². The Bertz CT molecular complexity index is 310. The van der Waals surface area contributed by atoms with Crippen molar-refractivity contribution in [3.05, 3.63) is 28.8 Å². The van der Waals surface area contributed by atoms with Gasteiger partial charge in [0.05, 0.1) is 11.6 Å². The molecule has 0 fully saturated rings. The van der Waals surface area contributed by atoms with E-state index in [2.05, 4.69) is 22.9 Å². The number of rotatable bonds is 5. The van der Waals surface area contributed by atoms with Crippen molar-refractivity contribution in [3.63, 3.8) is 0 Å². The van der Waals surface area contributed by atoms with Crippen molar-refractivity contribution in [1.82, 2.24) is 0 Å². The van der Waals surface area contributed by atoms with Crippen LogP contribution in [-0.2, 0) is 0 Å². The van der Waals surface area contributed by atoms with E-state index in [-0.39, 0.29) is 0 Å². The largest absolute Gasteiger partial charge is 0.492 e. The molecule has 0 heterocycles. The molecule has 1 aromatic rings. The Morgan fingerprint density at radius 3 is 2.73 bits per heavy atom. The highest BCUT2D eigenvalue weighted by Gasteiger charge is 2.07. The van der Waals surface area contributed by atoms with Gasteiger partial charge in [0.2, 0.25) is 0 Å². The van der Waals surface area contributed by atoms with E-state index in [4.69, 9.17) is 16.3 Å². The van der Waals surface area contributed by atoms with Crippen molar-refractivity contribution in [2.75, 3.05) is 11.9 Å². The molecule has 1 unspecified atom stereocenters. The Hall–Kier alpha value is -0.210. The second-order valence-electron chi connectivity index (χ2n) is 3.67. The van der Waals surface area contributed by atoms with Gasteiger partial charge in [-0.25, -0.2) is 0 Å². The predicted octanol–water partition coefficient (Wildman–Crippen LogP) is 4.45. The van der Waals surface area contributed by atoms with Gasteiger partial charge in [0, 0.05) is 11.2 Å². The molecular formula is C12H16BrClO. The predicted molar refractivity (Wildman–Crippen MR) is 69.3 cm³/mol. The van der Waals surface area contributed by atoms with Crippen LogP contribution < -0.4 is 4.74 Å². The van der Waals surface area contributed by atoms with Crippen LogP contribution in [0, 0.1) is 12.8 Å². The summed E-state index contributed by atoms with van der Waals surface area (Å²) in [5.41, 5.74) is 1.15. The monoisotopic (exact) mass is 290 g/mol. The van der Waals surface area contributed by atoms with Crippen LogP contribution in [0.15, 0.2) is 18.2 Å². The second kappa shape index (κ2) is 6.39. The molecule has 1 nitrogen and oxygen atoms in total. The van der Waals surface area contributed by atoms with Gasteiger partial charge in [-0.15, -0.1) is 0 Å². The van der Waals surface area contributed by atoms with E-state index in [1.165, 1.54) is 0 Å². The van der Waals surface area contributed by atoms with Crippen LogP contribution in [-0.4, -0.2) is 11.9 Å². The van der Waals surface area contributed by atoms with Gasteiger partial charge in [-0.2, -0.15) is 0 Å². The van der Waals surface area contributed by atoms with E-state index in [0.29, 0.717) is 17.5 Å². The molecule has 0 spiro atoms. The molecule has 0 amide bonds. The molecule has 1 atom stereocenters. The van der Waals surface area contributed by atoms with Gasteiger partial charge in [-0.1, -0.05) is 40.5 Å². The molecule has 0 saturated heterocycles. The summed E-state index contributed by atoms with van der Waals surface area (Å²) in [6.07, 6.45) is 1.11. The summed E-state index contributed by atoms with van der Waals surface area (Å²) in [6.45, 7) is 4.89. The Morgan fingerprint density at radius 1 is 1.47 bits per heavy atom. The van der Waals surface area contributed by atoms with Gasteiger partial charge in [-0.05, 0) is 31.0 Å². The highest BCUT2D eigenvalue weighted by molar-refractivity contribution is 9.09. The van der Waals surface area contributed by atoms with Crippen molar-refractivity contribution in [2.24, 2.45) is 5.92 Å². The zero-order chi connectivity index (χ0) is 11.3. The van der Waals surface area contributed by atoms with Crippen LogP contribution in [0.5, 0.6) is 5.75 Å². The highest BCUT2D eigenvalue weighted by Crippen LogP contribution is 2.25. The zero-order valence-electron chi connectivity index (χ0n) is 9.09. The van der Waals surface area contributed by atoms with Crippen LogP contribution >= 0.6 is 27.5 Å². The van der Waals surface area contributed by atoms with E-state index in [9.17, 15) is 0 Å². The molecule has 0 aliphatic carbocycles. The molecule has 1 rings (SSSR count). The molecule has 0 N–H and O–H groups in total. The molecule has 0 bridgehead atoms. The summed E-state index contributed by atoms with van der Waals surface area (Å²) in [4.78, 5) is 0. The smallest absolute Gasteiger partial charge is 0.137 e. The van der Waals surface area contributed by atoms with Gasteiger partial charge in [0.1, 0.15) is 5.75 Å². The first kappa shape index (κ1) is 12.9. The first-order chi connectivity index (χ1) is 7.17. The van der Waals surface area contributed by atoms with E-state index in [1.807, 2.05) is 25.1 Å². The van der Waals surface area contributed by atoms with Gasteiger partial charge >= 0.3 is 0 Å². The number of alkyl halides is 1. The molecule has 84 valence electrons. The minimum absolute atomic E-state index is 0.544. The fourth-order valence-corrected chi connectivity index (χ4v) is 2.14. The van der Waals surface area contributed by atoms with Crippen LogP contribution in [0.25, 0.3) is 0 Å². The maximum Gasteiger partial charge on any atom is 0.137 e. The fraction of sp³-hybridized carbons (Fsp3) is 0.500. The lowest BCUT2D eigenvalue weighted by atomic mass is 10.1. The minimum atomic E-state index is 0.544. The Morgan fingerprint density at radius 2 is 2.20 bits per heavy atom. The summed E-state index contributed by atoms with van der Waals surface area (Å²) in [5, 5.41) is 1.66. The molecule has 0 aliphatic rings. The molecule has 0 aromatic heterocycles. The molecule has 1 aromatic carbocycles. The van der Waals surface area contributed by atoms with Gasteiger partial charge in [-0.3, -0.25) is 0 Å². The lowest BCUT2D eigenvalue weighted by Crippen LogP contribution is -2.12. The molecule has 15 heavy (non-hydrogen) atoms. The van der Waals surface area contributed by atoms with Crippen LogP contribution in [0.4, 0.5) is 0 Å². The fourth-order valence-electron chi connectivity index (χ4n) is 1.20. The number of aryl methyl sites for hydroxylation is 1. The molecule has 0 radical (unpaired) electrons. The van der Waals surface area contributed by atoms with Crippen molar-refractivity contribution in [3.8, 4) is 5.75 Å². The average Bonchev–Trinajstić information content (AvgIpc) is 2.22. The summed E-state index contributed by atoms with van der Waals surface area (Å²) < 4.78 is 5.67. The Labute approximate surface area is 105 Å². The van der Waals surface area contributed by atoms with Crippen molar-refractivity contribution in [1.29, 1.82) is 0 Å². The number of hydrogen-bond acceptors (Lipinski definition) is 1. The maximum absolute atomic E-state index is 6.06. The Kier molecular flexibility index (Phi) is 5.48. The van der Waals surface area contributed by atoms with E-state index >= 15 is 0 Å². The number of benzene rings is 1. The maximum atomic E-state index is 6.06. The van der Waals surface area contributed by atoms with Crippen molar-refractivity contribution >= 4 is 27.5 Å². The van der Waals surface area contributed by atoms with E-state index < -0.39 is 0 Å². The van der Waals surface area contributed by atoms with Crippen molar-refractivity contribution in [2.45, 2.75) is 20.3 Å². The summed E-state index contributed by atoms with van der Waals surface area (Å²) in [6, 6.07) is 5.86. The second-order valence-corrected chi connectivity index (χ2v) is 4.73. The average molecular weight is 292 g/mol. The quantitative estimate of drug-likeness (QED) is 0.728. The van der Waals surface area contributed by atoms with Gasteiger partial charge in [0.25, 0.3) is 0 Å². The molecular weight excluding hydrogens is 275 g/mol. The number of hydrogen-bond donors (Lipinski definition) is 0.